The standard InChI is InChI=1S/C21H24N4S/c1-14-9-10-17(15(2)12-14)24-21(26)25-11-5-6-16(13-25)20-22-18-7-3-4-8-19(18)23-20/h3-4,7-10,12,16H,5-6,11,13H2,1-2H3,(H,22,23)(H,24,26)/t16-/m1/s1. The van der Waals surface area contributed by atoms with Gasteiger partial charge in [-0.25, -0.2) is 4.98 Å². The van der Waals surface area contributed by atoms with Crippen LogP contribution in [-0.2, 0) is 0 Å². The van der Waals surface area contributed by atoms with Crippen molar-refractivity contribution in [2.75, 3.05) is 18.4 Å². The number of H-pyrrole nitrogens is 1. The summed E-state index contributed by atoms with van der Waals surface area (Å²) < 4.78 is 0. The lowest BCUT2D eigenvalue weighted by atomic mass is 9.98. The summed E-state index contributed by atoms with van der Waals surface area (Å²) in [5.41, 5.74) is 5.72. The monoisotopic (exact) mass is 364 g/mol. The maximum absolute atomic E-state index is 5.70. The molecule has 1 saturated heterocycles. The molecular formula is C21H24N4S. The van der Waals surface area contributed by atoms with Gasteiger partial charge >= 0.3 is 0 Å². The van der Waals surface area contributed by atoms with Gasteiger partial charge in [0.2, 0.25) is 0 Å². The Labute approximate surface area is 159 Å². The van der Waals surface area contributed by atoms with Crippen molar-refractivity contribution in [1.29, 1.82) is 0 Å². The van der Waals surface area contributed by atoms with Crippen LogP contribution in [0, 0.1) is 13.8 Å². The summed E-state index contributed by atoms with van der Waals surface area (Å²) in [6.45, 7) is 6.12. The largest absolute Gasteiger partial charge is 0.348 e. The molecule has 3 aromatic rings. The molecule has 134 valence electrons. The quantitative estimate of drug-likeness (QED) is 0.644. The summed E-state index contributed by atoms with van der Waals surface area (Å²) in [4.78, 5) is 10.6. The molecule has 0 amide bonds. The molecule has 2 N–H and O–H groups in total. The molecule has 1 aromatic heterocycles. The minimum atomic E-state index is 0.384. The van der Waals surface area contributed by atoms with Crippen LogP contribution in [0.2, 0.25) is 0 Å². The zero-order valence-corrected chi connectivity index (χ0v) is 16.1. The van der Waals surface area contributed by atoms with Gasteiger partial charge < -0.3 is 15.2 Å². The first-order valence-electron chi connectivity index (χ1n) is 9.18. The molecule has 0 radical (unpaired) electrons. The number of para-hydroxylation sites is 2. The van der Waals surface area contributed by atoms with Crippen molar-refractivity contribution in [2.45, 2.75) is 32.6 Å². The van der Waals surface area contributed by atoms with E-state index in [1.165, 1.54) is 11.1 Å². The van der Waals surface area contributed by atoms with Crippen LogP contribution in [-0.4, -0.2) is 33.1 Å². The van der Waals surface area contributed by atoms with Crippen molar-refractivity contribution < 1.29 is 0 Å². The molecular weight excluding hydrogens is 340 g/mol. The highest BCUT2D eigenvalue weighted by atomic mass is 32.1. The van der Waals surface area contributed by atoms with E-state index in [1.807, 2.05) is 12.1 Å². The number of fused-ring (bicyclic) bond motifs is 1. The van der Waals surface area contributed by atoms with E-state index in [4.69, 9.17) is 17.2 Å². The SMILES string of the molecule is Cc1ccc(NC(=S)N2CCC[C@@H](c3nc4ccccc4[nH]3)C2)c(C)c1. The topological polar surface area (TPSA) is 44.0 Å². The average molecular weight is 365 g/mol. The molecule has 1 aliphatic rings. The second kappa shape index (κ2) is 7.08. The zero-order valence-electron chi connectivity index (χ0n) is 15.2. The number of nitrogens with zero attached hydrogens (tertiary/aromatic N) is 2. The van der Waals surface area contributed by atoms with Crippen molar-refractivity contribution in [2.24, 2.45) is 0 Å². The fourth-order valence-corrected chi connectivity index (χ4v) is 3.97. The Bertz CT molecular complexity index is 913. The Hall–Kier alpha value is -2.40. The van der Waals surface area contributed by atoms with Gasteiger partial charge in [-0.2, -0.15) is 0 Å². The summed E-state index contributed by atoms with van der Waals surface area (Å²) in [6.07, 6.45) is 2.26. The van der Waals surface area contributed by atoms with Crippen LogP contribution in [0.1, 0.15) is 35.7 Å². The lowest BCUT2D eigenvalue weighted by Crippen LogP contribution is -2.41. The van der Waals surface area contributed by atoms with Crippen LogP contribution in [0.25, 0.3) is 11.0 Å². The number of benzene rings is 2. The molecule has 0 bridgehead atoms. The molecule has 4 rings (SSSR count). The number of likely N-dealkylation sites (tertiary alicyclic amines) is 1. The van der Waals surface area contributed by atoms with E-state index in [1.54, 1.807) is 0 Å². The highest BCUT2D eigenvalue weighted by Crippen LogP contribution is 2.27. The molecule has 2 aromatic carbocycles. The third-order valence-corrected chi connectivity index (χ3v) is 5.49. The average Bonchev–Trinajstić information content (AvgIpc) is 3.08. The Morgan fingerprint density at radius 1 is 1.23 bits per heavy atom. The fourth-order valence-electron chi connectivity index (χ4n) is 3.70. The predicted octanol–water partition coefficient (Wildman–Crippen LogP) is 4.76. The number of imidazole rings is 1. The number of hydrogen-bond acceptors (Lipinski definition) is 2. The summed E-state index contributed by atoms with van der Waals surface area (Å²) in [5.74, 6) is 1.46. The van der Waals surface area contributed by atoms with Gasteiger partial charge in [0.25, 0.3) is 0 Å². The van der Waals surface area contributed by atoms with E-state index in [-0.39, 0.29) is 0 Å². The van der Waals surface area contributed by atoms with Gasteiger partial charge in [-0.15, -0.1) is 0 Å². The van der Waals surface area contributed by atoms with Gasteiger partial charge in [0.05, 0.1) is 11.0 Å². The molecule has 26 heavy (non-hydrogen) atoms. The number of aryl methyl sites for hydroxylation is 2. The van der Waals surface area contributed by atoms with Gasteiger partial charge in [-0.3, -0.25) is 0 Å². The number of nitrogens with one attached hydrogen (secondary N) is 2. The van der Waals surface area contributed by atoms with E-state index in [9.17, 15) is 0 Å². The first-order chi connectivity index (χ1) is 12.6. The first-order valence-corrected chi connectivity index (χ1v) is 9.59. The summed E-state index contributed by atoms with van der Waals surface area (Å²) >= 11 is 5.70. The number of thiocarbonyl (C=S) groups is 1. The third kappa shape index (κ3) is 3.44. The maximum Gasteiger partial charge on any atom is 0.173 e. The molecule has 2 heterocycles. The Morgan fingerprint density at radius 2 is 2.08 bits per heavy atom. The number of aromatic amines is 1. The third-order valence-electron chi connectivity index (χ3n) is 5.13. The highest BCUT2D eigenvalue weighted by molar-refractivity contribution is 7.80. The lowest BCUT2D eigenvalue weighted by molar-refractivity contribution is 0.307. The van der Waals surface area contributed by atoms with E-state index in [0.717, 1.165) is 53.6 Å². The first kappa shape index (κ1) is 17.0. The number of anilines is 1. The van der Waals surface area contributed by atoms with Crippen LogP contribution in [0.4, 0.5) is 5.69 Å². The van der Waals surface area contributed by atoms with Crippen LogP contribution in [0.3, 0.4) is 0 Å². The molecule has 1 atom stereocenters. The molecule has 0 spiro atoms. The Kier molecular flexibility index (Phi) is 4.64. The Balaban J connectivity index is 1.48. The molecule has 1 aliphatic heterocycles. The number of rotatable bonds is 2. The van der Waals surface area contributed by atoms with Crippen molar-refractivity contribution in [1.82, 2.24) is 14.9 Å². The van der Waals surface area contributed by atoms with Crippen molar-refractivity contribution in [3.8, 4) is 0 Å². The number of hydrogen-bond donors (Lipinski definition) is 2. The van der Waals surface area contributed by atoms with Crippen molar-refractivity contribution >= 4 is 34.1 Å². The molecule has 4 nitrogen and oxygen atoms in total. The van der Waals surface area contributed by atoms with E-state index in [0.29, 0.717) is 5.92 Å². The van der Waals surface area contributed by atoms with Crippen LogP contribution in [0.5, 0.6) is 0 Å². The fraction of sp³-hybridized carbons (Fsp3) is 0.333. The van der Waals surface area contributed by atoms with E-state index < -0.39 is 0 Å². The second-order valence-electron chi connectivity index (χ2n) is 7.17. The van der Waals surface area contributed by atoms with E-state index in [2.05, 4.69) is 59.4 Å². The van der Waals surface area contributed by atoms with Crippen molar-refractivity contribution in [3.63, 3.8) is 0 Å². The lowest BCUT2D eigenvalue weighted by Gasteiger charge is -2.34. The predicted molar refractivity (Wildman–Crippen MR) is 112 cm³/mol. The van der Waals surface area contributed by atoms with Gasteiger partial charge in [0.15, 0.2) is 5.11 Å². The normalized spacial score (nSPS) is 17.5. The van der Waals surface area contributed by atoms with Gasteiger partial charge in [0.1, 0.15) is 5.82 Å². The minimum Gasteiger partial charge on any atom is -0.348 e. The number of aromatic nitrogens is 2. The van der Waals surface area contributed by atoms with Gasteiger partial charge in [0, 0.05) is 24.7 Å². The molecule has 5 heteroatoms. The maximum atomic E-state index is 5.70. The van der Waals surface area contributed by atoms with Gasteiger partial charge in [-0.1, -0.05) is 29.8 Å². The highest BCUT2D eigenvalue weighted by Gasteiger charge is 2.25. The Morgan fingerprint density at radius 3 is 2.88 bits per heavy atom. The van der Waals surface area contributed by atoms with Crippen LogP contribution in [0.15, 0.2) is 42.5 Å². The number of piperidine rings is 1. The van der Waals surface area contributed by atoms with Crippen LogP contribution < -0.4 is 5.32 Å². The zero-order chi connectivity index (χ0) is 18.1. The molecule has 0 aliphatic carbocycles. The van der Waals surface area contributed by atoms with Crippen LogP contribution >= 0.6 is 12.2 Å². The van der Waals surface area contributed by atoms with Crippen molar-refractivity contribution in [3.05, 3.63) is 59.4 Å². The van der Waals surface area contributed by atoms with E-state index >= 15 is 0 Å². The van der Waals surface area contributed by atoms with Gasteiger partial charge in [-0.05, 0) is 62.7 Å². The molecule has 1 fully saturated rings. The second-order valence-corrected chi connectivity index (χ2v) is 7.56. The summed E-state index contributed by atoms with van der Waals surface area (Å²) in [5, 5.41) is 4.24. The molecule has 0 unspecified atom stereocenters. The minimum absolute atomic E-state index is 0.384. The summed E-state index contributed by atoms with van der Waals surface area (Å²) in [6, 6.07) is 14.6. The molecule has 0 saturated carbocycles. The smallest absolute Gasteiger partial charge is 0.173 e. The summed E-state index contributed by atoms with van der Waals surface area (Å²) in [7, 11) is 0.